The van der Waals surface area contributed by atoms with Gasteiger partial charge >= 0.3 is 0 Å². The van der Waals surface area contributed by atoms with Gasteiger partial charge in [-0.1, -0.05) is 47.6 Å². The molecular formula is C25H19ClN4O2S2. The molecule has 4 aromatic rings. The zero-order valence-electron chi connectivity index (χ0n) is 18.3. The molecule has 0 aliphatic rings. The summed E-state index contributed by atoms with van der Waals surface area (Å²) in [6.45, 7) is 1.77. The van der Waals surface area contributed by atoms with Gasteiger partial charge in [0.1, 0.15) is 16.8 Å². The first-order valence-corrected chi connectivity index (χ1v) is 12.4. The number of carbonyl (C=O) groups is 1. The first-order valence-electron chi connectivity index (χ1n) is 10.2. The molecule has 170 valence electrons. The van der Waals surface area contributed by atoms with E-state index in [9.17, 15) is 10.1 Å². The van der Waals surface area contributed by atoms with Gasteiger partial charge in [-0.05, 0) is 43.3 Å². The summed E-state index contributed by atoms with van der Waals surface area (Å²) in [7, 11) is 1.61. The van der Waals surface area contributed by atoms with Gasteiger partial charge in [-0.2, -0.15) is 5.26 Å². The lowest BCUT2D eigenvalue weighted by Crippen LogP contribution is -2.22. The largest absolute Gasteiger partial charge is 0.496 e. The van der Waals surface area contributed by atoms with Crippen LogP contribution in [0.3, 0.4) is 0 Å². The Morgan fingerprint density at radius 1 is 1.12 bits per heavy atom. The van der Waals surface area contributed by atoms with E-state index in [1.165, 1.54) is 23.1 Å². The number of aromatic nitrogens is 2. The van der Waals surface area contributed by atoms with Gasteiger partial charge in [0, 0.05) is 21.5 Å². The van der Waals surface area contributed by atoms with E-state index in [1.54, 1.807) is 38.3 Å². The fourth-order valence-corrected chi connectivity index (χ4v) is 4.87. The minimum atomic E-state index is -0.501. The summed E-state index contributed by atoms with van der Waals surface area (Å²) >= 11 is 8.54. The molecular weight excluding hydrogens is 488 g/mol. The molecule has 1 unspecified atom stereocenters. The highest BCUT2D eigenvalue weighted by Gasteiger charge is 2.20. The van der Waals surface area contributed by atoms with Crippen molar-refractivity contribution in [2.75, 3.05) is 12.4 Å². The van der Waals surface area contributed by atoms with E-state index in [0.717, 1.165) is 16.8 Å². The second kappa shape index (κ2) is 10.7. The minimum Gasteiger partial charge on any atom is -0.496 e. The van der Waals surface area contributed by atoms with Gasteiger partial charge in [-0.3, -0.25) is 4.79 Å². The van der Waals surface area contributed by atoms with Gasteiger partial charge < -0.3 is 10.1 Å². The molecule has 4 rings (SSSR count). The maximum Gasteiger partial charge on any atom is 0.239 e. The van der Waals surface area contributed by atoms with E-state index in [1.807, 2.05) is 41.8 Å². The van der Waals surface area contributed by atoms with Crippen molar-refractivity contribution < 1.29 is 9.53 Å². The summed E-state index contributed by atoms with van der Waals surface area (Å²) in [5.74, 6) is 0.485. The fourth-order valence-electron chi connectivity index (χ4n) is 3.14. The van der Waals surface area contributed by atoms with Crippen molar-refractivity contribution in [1.29, 1.82) is 5.26 Å². The number of halogens is 1. The second-order valence-electron chi connectivity index (χ2n) is 7.16. The minimum absolute atomic E-state index is 0.228. The predicted octanol–water partition coefficient (Wildman–Crippen LogP) is 6.53. The number of nitrogens with one attached hydrogen (secondary N) is 1. The number of pyridine rings is 1. The van der Waals surface area contributed by atoms with Crippen molar-refractivity contribution in [3.63, 3.8) is 0 Å². The van der Waals surface area contributed by atoms with Crippen LogP contribution in [0.2, 0.25) is 5.02 Å². The third-order valence-electron chi connectivity index (χ3n) is 4.90. The number of ether oxygens (including phenoxy) is 1. The maximum atomic E-state index is 12.9. The van der Waals surface area contributed by atoms with Gasteiger partial charge in [0.15, 0.2) is 5.13 Å². The Kier molecular flexibility index (Phi) is 7.48. The number of carbonyl (C=O) groups excluding carboxylic acids is 1. The van der Waals surface area contributed by atoms with Crippen molar-refractivity contribution in [1.82, 2.24) is 9.97 Å². The van der Waals surface area contributed by atoms with Crippen LogP contribution in [-0.4, -0.2) is 28.2 Å². The van der Waals surface area contributed by atoms with E-state index < -0.39 is 5.25 Å². The molecule has 0 saturated carbocycles. The van der Waals surface area contributed by atoms with Crippen molar-refractivity contribution in [2.24, 2.45) is 0 Å². The number of nitriles is 1. The Bertz CT molecular complexity index is 1370. The van der Waals surface area contributed by atoms with Gasteiger partial charge in [0.25, 0.3) is 0 Å². The van der Waals surface area contributed by atoms with Gasteiger partial charge in [0.05, 0.1) is 29.3 Å². The fraction of sp³-hybridized carbons (Fsp3) is 0.120. The average molecular weight is 507 g/mol. The van der Waals surface area contributed by atoms with Crippen molar-refractivity contribution in [2.45, 2.75) is 17.2 Å². The molecule has 0 aliphatic carbocycles. The van der Waals surface area contributed by atoms with Crippen molar-refractivity contribution >= 4 is 45.7 Å². The first kappa shape index (κ1) is 23.8. The second-order valence-corrected chi connectivity index (χ2v) is 9.78. The van der Waals surface area contributed by atoms with Crippen molar-refractivity contribution in [3.05, 3.63) is 76.6 Å². The highest BCUT2D eigenvalue weighted by atomic mass is 35.5. The van der Waals surface area contributed by atoms with Crippen LogP contribution in [0.1, 0.15) is 12.5 Å². The molecule has 0 aliphatic heterocycles. The van der Waals surface area contributed by atoms with Crippen LogP contribution in [0.5, 0.6) is 5.75 Å². The average Bonchev–Trinajstić information content (AvgIpc) is 3.32. The van der Waals surface area contributed by atoms with E-state index in [-0.39, 0.29) is 5.91 Å². The number of benzene rings is 2. The molecule has 0 bridgehead atoms. The standard InChI is InChI=1S/C25H19ClN4O2S2/c1-15(23(31)30-25-29-21(14-33-25)19-5-3-4-6-22(19)32-2)34-24-17(13-27)9-12-20(28-24)16-7-10-18(26)11-8-16/h3-12,14-15H,1-2H3,(H,29,30,31). The number of nitrogens with zero attached hydrogens (tertiary/aromatic N) is 3. The third-order valence-corrected chi connectivity index (χ3v) is 7.01. The summed E-state index contributed by atoms with van der Waals surface area (Å²) < 4.78 is 5.40. The molecule has 1 amide bonds. The van der Waals surface area contributed by atoms with Crippen LogP contribution in [0.4, 0.5) is 5.13 Å². The Morgan fingerprint density at radius 2 is 1.88 bits per heavy atom. The highest BCUT2D eigenvalue weighted by molar-refractivity contribution is 8.00. The predicted molar refractivity (Wildman–Crippen MR) is 137 cm³/mol. The molecule has 9 heteroatoms. The molecule has 6 nitrogen and oxygen atoms in total. The molecule has 2 heterocycles. The van der Waals surface area contributed by atoms with Crippen molar-refractivity contribution in [3.8, 4) is 34.3 Å². The summed E-state index contributed by atoms with van der Waals surface area (Å²) in [5, 5.41) is 15.4. The highest BCUT2D eigenvalue weighted by Crippen LogP contribution is 2.33. The monoisotopic (exact) mass is 506 g/mol. The molecule has 0 spiro atoms. The van der Waals surface area contributed by atoms with Crippen LogP contribution in [0.15, 0.2) is 71.1 Å². The number of hydrogen-bond acceptors (Lipinski definition) is 7. The Hall–Kier alpha value is -3.38. The summed E-state index contributed by atoms with van der Waals surface area (Å²) in [6, 6.07) is 20.5. The molecule has 1 atom stereocenters. The van der Waals surface area contributed by atoms with Crippen LogP contribution in [0, 0.1) is 11.3 Å². The summed E-state index contributed by atoms with van der Waals surface area (Å²) in [4.78, 5) is 22.0. The molecule has 34 heavy (non-hydrogen) atoms. The number of para-hydroxylation sites is 1. The lowest BCUT2D eigenvalue weighted by atomic mass is 10.1. The summed E-state index contributed by atoms with van der Waals surface area (Å²) in [5.41, 5.74) is 3.56. The van der Waals surface area contributed by atoms with Crippen LogP contribution in [0.25, 0.3) is 22.5 Å². The number of hydrogen-bond donors (Lipinski definition) is 1. The lowest BCUT2D eigenvalue weighted by Gasteiger charge is -2.12. The molecule has 2 aromatic carbocycles. The van der Waals surface area contributed by atoms with E-state index in [2.05, 4.69) is 21.4 Å². The molecule has 0 fully saturated rings. The van der Waals surface area contributed by atoms with E-state index in [4.69, 9.17) is 16.3 Å². The number of thioether (sulfide) groups is 1. The number of anilines is 1. The summed E-state index contributed by atoms with van der Waals surface area (Å²) in [6.07, 6.45) is 0. The number of thiazole rings is 1. The van der Waals surface area contributed by atoms with Gasteiger partial charge in [0.2, 0.25) is 5.91 Å². The smallest absolute Gasteiger partial charge is 0.239 e. The quantitative estimate of drug-likeness (QED) is 0.287. The molecule has 0 radical (unpaired) electrons. The topological polar surface area (TPSA) is 87.9 Å². The first-order chi connectivity index (χ1) is 16.5. The van der Waals surface area contributed by atoms with Crippen LogP contribution in [-0.2, 0) is 4.79 Å². The van der Waals surface area contributed by atoms with E-state index in [0.29, 0.717) is 32.2 Å². The molecule has 2 aromatic heterocycles. The van der Waals surface area contributed by atoms with E-state index >= 15 is 0 Å². The Balaban J connectivity index is 1.49. The van der Waals surface area contributed by atoms with Crippen LogP contribution >= 0.6 is 34.7 Å². The SMILES string of the molecule is COc1ccccc1-c1csc(NC(=O)C(C)Sc2nc(-c3ccc(Cl)cc3)ccc2C#N)n1. The third kappa shape index (κ3) is 5.39. The lowest BCUT2D eigenvalue weighted by molar-refractivity contribution is -0.115. The number of amides is 1. The maximum absolute atomic E-state index is 12.9. The van der Waals surface area contributed by atoms with Crippen LogP contribution < -0.4 is 10.1 Å². The zero-order valence-corrected chi connectivity index (χ0v) is 20.7. The zero-order chi connectivity index (χ0) is 24.1. The van der Waals surface area contributed by atoms with Gasteiger partial charge in [-0.25, -0.2) is 9.97 Å². The molecule has 1 N–H and O–H groups in total. The number of rotatable bonds is 7. The molecule has 0 saturated heterocycles. The Morgan fingerprint density at radius 3 is 2.62 bits per heavy atom. The Labute approximate surface area is 210 Å². The normalized spacial score (nSPS) is 11.5. The van der Waals surface area contributed by atoms with Gasteiger partial charge in [-0.15, -0.1) is 11.3 Å². The number of methoxy groups -OCH3 is 1.